The minimum Gasteiger partial charge on any atom is -0.352 e. The standard InChI is InChI=1S/C24H27N3O2S/c28-23(16-27-22(17-30-18-24(27)29)20-9-5-2-6-10-20)25-21-11-13-26(14-12-21)15-19-7-3-1-4-8-19/h1-10,17,21H,11-16,18H2,(H,25,28). The summed E-state index contributed by atoms with van der Waals surface area (Å²) in [6.07, 6.45) is 1.87. The summed E-state index contributed by atoms with van der Waals surface area (Å²) < 4.78 is 0. The van der Waals surface area contributed by atoms with E-state index in [2.05, 4.69) is 34.5 Å². The topological polar surface area (TPSA) is 52.7 Å². The molecule has 1 fully saturated rings. The zero-order chi connectivity index (χ0) is 20.8. The summed E-state index contributed by atoms with van der Waals surface area (Å²) in [5.41, 5.74) is 3.09. The third kappa shape index (κ3) is 5.32. The molecule has 0 saturated carbocycles. The number of nitrogens with zero attached hydrogens (tertiary/aromatic N) is 2. The monoisotopic (exact) mass is 421 g/mol. The molecule has 2 aromatic carbocycles. The van der Waals surface area contributed by atoms with Gasteiger partial charge in [-0.2, -0.15) is 0 Å². The number of amides is 2. The molecule has 2 aliphatic heterocycles. The van der Waals surface area contributed by atoms with Gasteiger partial charge in [-0.3, -0.25) is 14.5 Å². The molecule has 2 heterocycles. The number of piperidine rings is 1. The summed E-state index contributed by atoms with van der Waals surface area (Å²) in [6.45, 7) is 2.96. The lowest BCUT2D eigenvalue weighted by Gasteiger charge is -2.33. The summed E-state index contributed by atoms with van der Waals surface area (Å²) in [6, 6.07) is 20.4. The Hall–Kier alpha value is -2.57. The van der Waals surface area contributed by atoms with Crippen LogP contribution in [0, 0.1) is 0 Å². The smallest absolute Gasteiger partial charge is 0.240 e. The molecule has 5 nitrogen and oxygen atoms in total. The second-order valence-electron chi connectivity index (χ2n) is 7.76. The minimum absolute atomic E-state index is 0.0193. The Morgan fingerprint density at radius 3 is 2.37 bits per heavy atom. The van der Waals surface area contributed by atoms with E-state index in [1.807, 2.05) is 41.8 Å². The second kappa shape index (κ2) is 9.96. The predicted octanol–water partition coefficient (Wildman–Crippen LogP) is 3.34. The van der Waals surface area contributed by atoms with E-state index in [9.17, 15) is 9.59 Å². The molecule has 1 N–H and O–H groups in total. The van der Waals surface area contributed by atoms with E-state index in [0.717, 1.165) is 43.7 Å². The number of benzene rings is 2. The van der Waals surface area contributed by atoms with Gasteiger partial charge in [0.1, 0.15) is 6.54 Å². The summed E-state index contributed by atoms with van der Waals surface area (Å²) in [5, 5.41) is 5.13. The molecule has 0 atom stereocenters. The van der Waals surface area contributed by atoms with Crippen molar-refractivity contribution >= 4 is 29.3 Å². The molecule has 0 bridgehead atoms. The zero-order valence-electron chi connectivity index (χ0n) is 17.0. The highest BCUT2D eigenvalue weighted by Crippen LogP contribution is 2.27. The molecule has 0 aliphatic carbocycles. The van der Waals surface area contributed by atoms with Crippen LogP contribution in [0.5, 0.6) is 0 Å². The molecule has 0 radical (unpaired) electrons. The van der Waals surface area contributed by atoms with Crippen molar-refractivity contribution in [3.63, 3.8) is 0 Å². The van der Waals surface area contributed by atoms with E-state index in [1.165, 1.54) is 17.3 Å². The highest BCUT2D eigenvalue weighted by atomic mass is 32.2. The Kier molecular flexibility index (Phi) is 6.87. The van der Waals surface area contributed by atoms with Crippen molar-refractivity contribution in [3.8, 4) is 0 Å². The van der Waals surface area contributed by atoms with Gasteiger partial charge in [0, 0.05) is 25.7 Å². The first-order valence-corrected chi connectivity index (χ1v) is 11.5. The molecular formula is C24H27N3O2S. The Morgan fingerprint density at radius 1 is 1.00 bits per heavy atom. The van der Waals surface area contributed by atoms with E-state index in [4.69, 9.17) is 0 Å². The van der Waals surface area contributed by atoms with Crippen molar-refractivity contribution < 1.29 is 9.59 Å². The number of carbonyl (C=O) groups excluding carboxylic acids is 2. The molecular weight excluding hydrogens is 394 g/mol. The maximum absolute atomic E-state index is 12.7. The van der Waals surface area contributed by atoms with Gasteiger partial charge in [0.2, 0.25) is 11.8 Å². The fourth-order valence-electron chi connectivity index (χ4n) is 3.97. The number of thioether (sulfide) groups is 1. The maximum atomic E-state index is 12.7. The van der Waals surface area contributed by atoms with E-state index >= 15 is 0 Å². The number of hydrogen-bond donors (Lipinski definition) is 1. The normalized spacial score (nSPS) is 18.2. The van der Waals surface area contributed by atoms with Crippen LogP contribution in [-0.2, 0) is 16.1 Å². The zero-order valence-corrected chi connectivity index (χ0v) is 17.8. The molecule has 2 aliphatic rings. The lowest BCUT2D eigenvalue weighted by Crippen LogP contribution is -2.48. The largest absolute Gasteiger partial charge is 0.352 e. The van der Waals surface area contributed by atoms with Crippen molar-refractivity contribution in [3.05, 3.63) is 77.2 Å². The Balaban J connectivity index is 1.29. The van der Waals surface area contributed by atoms with Crippen LogP contribution in [0.1, 0.15) is 24.0 Å². The fraction of sp³-hybridized carbons (Fsp3) is 0.333. The van der Waals surface area contributed by atoms with Crippen LogP contribution in [0.4, 0.5) is 0 Å². The third-order valence-electron chi connectivity index (χ3n) is 5.57. The molecule has 0 aromatic heterocycles. The average molecular weight is 422 g/mol. The van der Waals surface area contributed by atoms with Crippen molar-refractivity contribution in [2.75, 3.05) is 25.4 Å². The van der Waals surface area contributed by atoms with Crippen molar-refractivity contribution in [1.82, 2.24) is 15.1 Å². The molecule has 0 unspecified atom stereocenters. The molecule has 2 amide bonds. The van der Waals surface area contributed by atoms with Crippen LogP contribution in [0.2, 0.25) is 0 Å². The van der Waals surface area contributed by atoms with Gasteiger partial charge in [-0.25, -0.2) is 0 Å². The Labute approximate surface area is 182 Å². The minimum atomic E-state index is -0.0846. The molecule has 6 heteroatoms. The number of nitrogens with one attached hydrogen (secondary N) is 1. The summed E-state index contributed by atoms with van der Waals surface area (Å²) >= 11 is 1.48. The van der Waals surface area contributed by atoms with Crippen LogP contribution < -0.4 is 5.32 Å². The number of rotatable bonds is 6. The van der Waals surface area contributed by atoms with Gasteiger partial charge in [0.05, 0.1) is 11.4 Å². The molecule has 30 heavy (non-hydrogen) atoms. The lowest BCUT2D eigenvalue weighted by molar-refractivity contribution is -0.131. The van der Waals surface area contributed by atoms with Gasteiger partial charge >= 0.3 is 0 Å². The van der Waals surface area contributed by atoms with Gasteiger partial charge in [-0.05, 0) is 29.4 Å². The third-order valence-corrected chi connectivity index (χ3v) is 6.37. The second-order valence-corrected chi connectivity index (χ2v) is 8.62. The first-order chi connectivity index (χ1) is 14.7. The lowest BCUT2D eigenvalue weighted by atomic mass is 10.0. The SMILES string of the molecule is O=C(CN1C(=O)CSC=C1c1ccccc1)NC1CCN(Cc2ccccc2)CC1. The highest BCUT2D eigenvalue weighted by molar-refractivity contribution is 8.03. The average Bonchev–Trinajstić information content (AvgIpc) is 2.78. The summed E-state index contributed by atoms with van der Waals surface area (Å²) in [4.78, 5) is 29.3. The maximum Gasteiger partial charge on any atom is 0.240 e. The van der Waals surface area contributed by atoms with Crippen LogP contribution in [0.25, 0.3) is 5.70 Å². The van der Waals surface area contributed by atoms with Gasteiger partial charge in [0.25, 0.3) is 0 Å². The molecule has 4 rings (SSSR count). The molecule has 1 saturated heterocycles. The quantitative estimate of drug-likeness (QED) is 0.777. The van der Waals surface area contributed by atoms with E-state index < -0.39 is 0 Å². The van der Waals surface area contributed by atoms with E-state index in [1.54, 1.807) is 4.90 Å². The number of likely N-dealkylation sites (tertiary alicyclic amines) is 1. The van der Waals surface area contributed by atoms with Gasteiger partial charge in [-0.1, -0.05) is 60.7 Å². The van der Waals surface area contributed by atoms with Crippen LogP contribution in [-0.4, -0.2) is 53.0 Å². The highest BCUT2D eigenvalue weighted by Gasteiger charge is 2.27. The Bertz CT molecular complexity index is 893. The van der Waals surface area contributed by atoms with Gasteiger partial charge in [-0.15, -0.1) is 11.8 Å². The van der Waals surface area contributed by atoms with Crippen molar-refractivity contribution in [1.29, 1.82) is 0 Å². The fourth-order valence-corrected chi connectivity index (χ4v) is 4.77. The number of carbonyl (C=O) groups is 2. The molecule has 156 valence electrons. The first kappa shape index (κ1) is 20.7. The van der Waals surface area contributed by atoms with Crippen LogP contribution in [0.3, 0.4) is 0 Å². The van der Waals surface area contributed by atoms with Crippen LogP contribution >= 0.6 is 11.8 Å². The summed E-state index contributed by atoms with van der Waals surface area (Å²) in [7, 11) is 0. The molecule has 2 aromatic rings. The van der Waals surface area contributed by atoms with Gasteiger partial charge < -0.3 is 10.2 Å². The first-order valence-electron chi connectivity index (χ1n) is 10.4. The Morgan fingerprint density at radius 2 is 1.67 bits per heavy atom. The van der Waals surface area contributed by atoms with Crippen molar-refractivity contribution in [2.45, 2.75) is 25.4 Å². The van der Waals surface area contributed by atoms with Gasteiger partial charge in [0.15, 0.2) is 0 Å². The number of hydrogen-bond acceptors (Lipinski definition) is 4. The van der Waals surface area contributed by atoms with E-state index in [-0.39, 0.29) is 24.4 Å². The predicted molar refractivity (Wildman–Crippen MR) is 121 cm³/mol. The van der Waals surface area contributed by atoms with Crippen LogP contribution in [0.15, 0.2) is 66.1 Å². The summed E-state index contributed by atoms with van der Waals surface area (Å²) in [5.74, 6) is 0.273. The molecule has 0 spiro atoms. The van der Waals surface area contributed by atoms with Crippen molar-refractivity contribution in [2.24, 2.45) is 0 Å². The van der Waals surface area contributed by atoms with E-state index in [0.29, 0.717) is 5.75 Å².